The van der Waals surface area contributed by atoms with Crippen molar-refractivity contribution in [1.82, 2.24) is 0 Å². The monoisotopic (exact) mass is 443 g/mol. The summed E-state index contributed by atoms with van der Waals surface area (Å²) in [5.74, 6) is -0.0222. The van der Waals surface area contributed by atoms with Crippen molar-refractivity contribution >= 4 is 11.7 Å². The molecule has 0 fully saturated rings. The molecule has 172 valence electrons. The van der Waals surface area contributed by atoms with Crippen LogP contribution < -0.4 is 10.1 Å². The fraction of sp³-hybridized carbons (Fsp3) is 0.276. The lowest BCUT2D eigenvalue weighted by atomic mass is 9.68. The number of benzene rings is 3. The zero-order valence-corrected chi connectivity index (χ0v) is 19.5. The van der Waals surface area contributed by atoms with Crippen molar-refractivity contribution in [1.29, 1.82) is 0 Å². The van der Waals surface area contributed by atoms with Gasteiger partial charge < -0.3 is 15.2 Å². The topological polar surface area (TPSA) is 58.6 Å². The number of carboxylic acids is 1. The Morgan fingerprint density at radius 3 is 2.09 bits per heavy atom. The molecule has 0 unspecified atom stereocenters. The summed E-state index contributed by atoms with van der Waals surface area (Å²) in [7, 11) is 1.68. The third-order valence-corrected chi connectivity index (χ3v) is 5.97. The number of carbonyl (C=O) groups is 1. The molecular formula is C29H33NO3. The molecule has 0 spiro atoms. The van der Waals surface area contributed by atoms with E-state index in [9.17, 15) is 4.79 Å². The number of hydrogen-bond acceptors (Lipinski definition) is 3. The van der Waals surface area contributed by atoms with Crippen LogP contribution in [0, 0.1) is 0 Å². The first-order chi connectivity index (χ1) is 16.1. The van der Waals surface area contributed by atoms with Crippen LogP contribution in [0.1, 0.15) is 36.5 Å². The molecule has 0 aliphatic rings. The minimum atomic E-state index is -0.814. The Kier molecular flexibility index (Phi) is 8.71. The molecule has 2 N–H and O–H groups in total. The minimum Gasteiger partial charge on any atom is -0.497 e. The summed E-state index contributed by atoms with van der Waals surface area (Å²) in [4.78, 5) is 11.1. The van der Waals surface area contributed by atoms with Gasteiger partial charge in [0.25, 0.3) is 0 Å². The van der Waals surface area contributed by atoms with Gasteiger partial charge in [-0.15, -0.1) is 0 Å². The van der Waals surface area contributed by atoms with Crippen molar-refractivity contribution < 1.29 is 14.6 Å². The number of nitrogens with one attached hydrogen (secondary N) is 1. The van der Waals surface area contributed by atoms with Crippen molar-refractivity contribution in [2.24, 2.45) is 0 Å². The Labute approximate surface area is 196 Å². The van der Waals surface area contributed by atoms with E-state index in [2.05, 4.69) is 72.1 Å². The molecule has 0 atom stereocenters. The maximum Gasteiger partial charge on any atom is 0.305 e. The predicted molar refractivity (Wildman–Crippen MR) is 135 cm³/mol. The van der Waals surface area contributed by atoms with Gasteiger partial charge >= 0.3 is 5.97 Å². The summed E-state index contributed by atoms with van der Waals surface area (Å²) in [6, 6.07) is 27.1. The lowest BCUT2D eigenvalue weighted by Gasteiger charge is -2.36. The molecule has 0 aliphatic heterocycles. The van der Waals surface area contributed by atoms with E-state index in [-0.39, 0.29) is 11.8 Å². The molecule has 3 aromatic carbocycles. The third-order valence-electron chi connectivity index (χ3n) is 5.97. The Morgan fingerprint density at radius 1 is 0.970 bits per heavy atom. The first kappa shape index (κ1) is 24.1. The molecule has 0 radical (unpaired) electrons. The second-order valence-electron chi connectivity index (χ2n) is 8.36. The summed E-state index contributed by atoms with van der Waals surface area (Å²) in [5.41, 5.74) is 4.36. The zero-order valence-electron chi connectivity index (χ0n) is 19.5. The van der Waals surface area contributed by atoms with Crippen LogP contribution in [0.25, 0.3) is 0 Å². The molecular weight excluding hydrogens is 410 g/mol. The van der Waals surface area contributed by atoms with E-state index in [4.69, 9.17) is 9.84 Å². The summed E-state index contributed by atoms with van der Waals surface area (Å²) < 4.78 is 5.61. The smallest absolute Gasteiger partial charge is 0.305 e. The highest BCUT2D eigenvalue weighted by molar-refractivity contribution is 5.68. The molecule has 3 aromatic rings. The van der Waals surface area contributed by atoms with Crippen LogP contribution in [0.2, 0.25) is 0 Å². The van der Waals surface area contributed by atoms with Crippen molar-refractivity contribution in [3.63, 3.8) is 0 Å². The molecule has 0 saturated heterocycles. The Balaban J connectivity index is 2.15. The highest BCUT2D eigenvalue weighted by Crippen LogP contribution is 2.42. The van der Waals surface area contributed by atoms with Crippen LogP contribution in [0.5, 0.6) is 5.75 Å². The average Bonchev–Trinajstić information content (AvgIpc) is 2.84. The second kappa shape index (κ2) is 11.9. The third kappa shape index (κ3) is 6.72. The van der Waals surface area contributed by atoms with Gasteiger partial charge in [-0.3, -0.25) is 4.79 Å². The number of carboxylic acid groups (broad SMARTS) is 1. The quantitative estimate of drug-likeness (QED) is 0.324. The van der Waals surface area contributed by atoms with Crippen LogP contribution in [0.15, 0.2) is 91.0 Å². The van der Waals surface area contributed by atoms with E-state index in [1.54, 1.807) is 7.11 Å². The van der Waals surface area contributed by atoms with Crippen molar-refractivity contribution in [3.05, 3.63) is 108 Å². The number of aliphatic carboxylic acids is 1. The van der Waals surface area contributed by atoms with E-state index in [0.29, 0.717) is 6.54 Å². The fourth-order valence-corrected chi connectivity index (χ4v) is 4.37. The van der Waals surface area contributed by atoms with Gasteiger partial charge in [0, 0.05) is 17.6 Å². The molecule has 0 amide bonds. The highest BCUT2D eigenvalue weighted by atomic mass is 16.5. The van der Waals surface area contributed by atoms with Crippen molar-refractivity contribution in [2.75, 3.05) is 19.0 Å². The minimum absolute atomic E-state index is 0.0602. The predicted octanol–water partition coefficient (Wildman–Crippen LogP) is 6.27. The average molecular weight is 444 g/mol. The van der Waals surface area contributed by atoms with Crippen LogP contribution >= 0.6 is 0 Å². The van der Waals surface area contributed by atoms with Crippen LogP contribution in [-0.4, -0.2) is 24.7 Å². The van der Waals surface area contributed by atoms with Crippen molar-refractivity contribution in [2.45, 2.75) is 38.0 Å². The van der Waals surface area contributed by atoms with Gasteiger partial charge in [-0.25, -0.2) is 0 Å². The fourth-order valence-electron chi connectivity index (χ4n) is 4.37. The van der Waals surface area contributed by atoms with Gasteiger partial charge in [0.05, 0.1) is 13.5 Å². The summed E-state index contributed by atoms with van der Waals surface area (Å²) in [6.07, 6.45) is 6.91. The first-order valence-corrected chi connectivity index (χ1v) is 11.4. The summed E-state index contributed by atoms with van der Waals surface area (Å²) in [5, 5.41) is 12.5. The molecule has 0 bridgehead atoms. The van der Waals surface area contributed by atoms with E-state index < -0.39 is 5.97 Å². The summed E-state index contributed by atoms with van der Waals surface area (Å²) in [6.45, 7) is 2.42. The Bertz CT molecular complexity index is 1000. The maximum absolute atomic E-state index is 11.1. The van der Waals surface area contributed by atoms with Gasteiger partial charge in [-0.05, 0) is 61.1 Å². The van der Waals surface area contributed by atoms with Gasteiger partial charge in [-0.1, -0.05) is 72.8 Å². The van der Waals surface area contributed by atoms with Gasteiger partial charge in [-0.2, -0.15) is 0 Å². The highest BCUT2D eigenvalue weighted by Gasteiger charge is 2.34. The normalized spacial score (nSPS) is 11.5. The van der Waals surface area contributed by atoms with Crippen LogP contribution in [-0.2, 0) is 23.1 Å². The number of methoxy groups -OCH3 is 1. The number of hydrogen-bond donors (Lipinski definition) is 2. The molecule has 3 rings (SSSR count). The first-order valence-electron chi connectivity index (χ1n) is 11.4. The molecule has 33 heavy (non-hydrogen) atoms. The Hall–Kier alpha value is -3.53. The van der Waals surface area contributed by atoms with E-state index >= 15 is 0 Å². The second-order valence-corrected chi connectivity index (χ2v) is 8.36. The maximum atomic E-state index is 11.1. The van der Waals surface area contributed by atoms with Gasteiger partial charge in [0.1, 0.15) is 5.75 Å². The molecule has 0 aromatic heterocycles. The van der Waals surface area contributed by atoms with E-state index in [1.165, 1.54) is 11.1 Å². The number of allylic oxidation sites excluding steroid dienone is 2. The molecule has 0 saturated carbocycles. The molecule has 0 aliphatic carbocycles. The largest absolute Gasteiger partial charge is 0.497 e. The molecule has 4 nitrogen and oxygen atoms in total. The number of ether oxygens (including phenoxy) is 1. The zero-order chi connectivity index (χ0) is 23.5. The van der Waals surface area contributed by atoms with Gasteiger partial charge in [0.2, 0.25) is 0 Å². The SMILES string of the molecule is C/C=C/CC(Cc1ccccc1)(Cc1ccccc1)c1cc(OC)ccc1NCCC(=O)O. The van der Waals surface area contributed by atoms with Crippen LogP contribution in [0.3, 0.4) is 0 Å². The van der Waals surface area contributed by atoms with E-state index in [1.807, 2.05) is 31.2 Å². The van der Waals surface area contributed by atoms with Crippen LogP contribution in [0.4, 0.5) is 5.69 Å². The number of rotatable bonds is 12. The standard InChI is InChI=1S/C29H33NO3/c1-3-4-18-29(21-23-11-7-5-8-12-23,22-24-13-9-6-10-14-24)26-20-25(33-2)15-16-27(26)30-19-17-28(31)32/h3-16,20,30H,17-19,21-22H2,1-2H3,(H,31,32)/b4-3+. The molecule has 0 heterocycles. The lowest BCUT2D eigenvalue weighted by molar-refractivity contribution is -0.136. The van der Waals surface area contributed by atoms with Gasteiger partial charge in [0.15, 0.2) is 0 Å². The summed E-state index contributed by atoms with van der Waals surface area (Å²) >= 11 is 0. The van der Waals surface area contributed by atoms with E-state index in [0.717, 1.165) is 36.3 Å². The Morgan fingerprint density at radius 2 is 1.58 bits per heavy atom. The molecule has 4 heteroatoms. The number of anilines is 1. The van der Waals surface area contributed by atoms with Crippen molar-refractivity contribution in [3.8, 4) is 5.75 Å². The lowest BCUT2D eigenvalue weighted by Crippen LogP contribution is -2.33.